The number of nitrogens with one attached hydrogen (secondary N) is 2. The van der Waals surface area contributed by atoms with E-state index < -0.39 is 53.1 Å². The Bertz CT molecular complexity index is 1440. The Hall–Kier alpha value is -3.76. The average molecular weight is 693 g/mol. The number of carbonyl (C=O) groups excluding carboxylic acids is 6. The molecule has 3 aliphatic carbocycles. The maximum Gasteiger partial charge on any atom is 0.329 e. The summed E-state index contributed by atoms with van der Waals surface area (Å²) < 4.78 is 5.67. The van der Waals surface area contributed by atoms with E-state index in [1.807, 2.05) is 51.1 Å². The molecular formula is C39H56N4O7. The van der Waals surface area contributed by atoms with Crippen LogP contribution in [-0.2, 0) is 35.3 Å². The molecule has 4 amide bonds. The number of piperidine rings is 1. The Balaban J connectivity index is 1.31. The van der Waals surface area contributed by atoms with E-state index in [1.54, 1.807) is 4.90 Å². The lowest BCUT2D eigenvalue weighted by molar-refractivity contribution is -0.149. The Morgan fingerprint density at radius 3 is 2.18 bits per heavy atom. The van der Waals surface area contributed by atoms with Gasteiger partial charge in [0.05, 0.1) is 6.04 Å². The number of esters is 1. The van der Waals surface area contributed by atoms with Crippen LogP contribution in [0.3, 0.4) is 0 Å². The molecule has 50 heavy (non-hydrogen) atoms. The first kappa shape index (κ1) is 37.5. The van der Waals surface area contributed by atoms with Crippen LogP contribution in [0.25, 0.3) is 0 Å². The predicted octanol–water partition coefficient (Wildman–Crippen LogP) is 4.70. The number of Topliss-reactive ketones (excluding diaryl/α,β-unsaturated/α-hetero) is 2. The number of likely N-dealkylation sites (tertiary alicyclic amines) is 1. The lowest BCUT2D eigenvalue weighted by Crippen LogP contribution is -2.61. The van der Waals surface area contributed by atoms with Crippen molar-refractivity contribution in [3.63, 3.8) is 0 Å². The van der Waals surface area contributed by atoms with Crippen molar-refractivity contribution in [3.05, 3.63) is 35.9 Å². The number of hydrogen-bond donors (Lipinski definition) is 3. The highest BCUT2D eigenvalue weighted by Gasteiger charge is 2.69. The largest absolute Gasteiger partial charge is 0.459 e. The van der Waals surface area contributed by atoms with E-state index in [4.69, 9.17) is 10.5 Å². The first-order chi connectivity index (χ1) is 23.6. The Morgan fingerprint density at radius 1 is 0.940 bits per heavy atom. The zero-order chi connectivity index (χ0) is 36.4. The van der Waals surface area contributed by atoms with Gasteiger partial charge in [0, 0.05) is 18.9 Å². The molecule has 4 aliphatic rings. The highest BCUT2D eigenvalue weighted by atomic mass is 16.5. The van der Waals surface area contributed by atoms with Gasteiger partial charge in [-0.05, 0) is 59.3 Å². The molecule has 0 spiro atoms. The van der Waals surface area contributed by atoms with Gasteiger partial charge in [-0.1, -0.05) is 103 Å². The molecule has 4 N–H and O–H groups in total. The maximum absolute atomic E-state index is 14.5. The SMILES string of the molecule is CC(C)(C)[C@H](NC(=O)N[C@H](C(=O)OCc1ccccc1)C1CCCCC1)C(=O)N1C[C@H]2[C@@H]([C@H]1C(=O)CC(CC1CCC1)C(=O)C(N)=O)C2(C)C. The monoisotopic (exact) mass is 692 g/mol. The van der Waals surface area contributed by atoms with Gasteiger partial charge in [-0.25, -0.2) is 9.59 Å². The van der Waals surface area contributed by atoms with Crippen LogP contribution in [0.2, 0.25) is 0 Å². The highest BCUT2D eigenvalue weighted by molar-refractivity contribution is 6.36. The lowest BCUT2D eigenvalue weighted by Gasteiger charge is -2.38. The molecular weight excluding hydrogens is 636 g/mol. The predicted molar refractivity (Wildman–Crippen MR) is 187 cm³/mol. The van der Waals surface area contributed by atoms with Crippen LogP contribution in [0.1, 0.15) is 104 Å². The van der Waals surface area contributed by atoms with Crippen LogP contribution in [0.5, 0.6) is 0 Å². The zero-order valence-corrected chi connectivity index (χ0v) is 30.4. The smallest absolute Gasteiger partial charge is 0.329 e. The molecule has 1 saturated heterocycles. The van der Waals surface area contributed by atoms with E-state index in [1.165, 1.54) is 0 Å². The first-order valence-corrected chi connectivity index (χ1v) is 18.5. The normalized spacial score (nSPS) is 24.9. The first-order valence-electron chi connectivity index (χ1n) is 18.5. The number of amides is 4. The minimum Gasteiger partial charge on any atom is -0.459 e. The zero-order valence-electron chi connectivity index (χ0n) is 30.4. The number of hydrogen-bond acceptors (Lipinski definition) is 7. The molecule has 0 aromatic heterocycles. The number of benzene rings is 1. The highest BCUT2D eigenvalue weighted by Crippen LogP contribution is 2.65. The summed E-state index contributed by atoms with van der Waals surface area (Å²) in [5.74, 6) is -3.50. The molecule has 1 aromatic carbocycles. The Morgan fingerprint density at radius 2 is 1.60 bits per heavy atom. The fourth-order valence-corrected chi connectivity index (χ4v) is 8.65. The average Bonchev–Trinajstić information content (AvgIpc) is 3.36. The summed E-state index contributed by atoms with van der Waals surface area (Å²) in [4.78, 5) is 82.1. The van der Waals surface area contributed by atoms with Crippen LogP contribution in [-0.4, -0.2) is 65.0 Å². The van der Waals surface area contributed by atoms with Crippen molar-refractivity contribution in [2.45, 2.75) is 124 Å². The second-order valence-corrected chi connectivity index (χ2v) is 16.9. The third-order valence-electron chi connectivity index (χ3n) is 12.0. The molecule has 5 rings (SSSR count). The number of rotatable bonds is 14. The van der Waals surface area contributed by atoms with Crippen molar-refractivity contribution in [2.75, 3.05) is 6.54 Å². The molecule has 0 radical (unpaired) electrons. The van der Waals surface area contributed by atoms with Gasteiger partial charge in [0.1, 0.15) is 18.7 Å². The maximum atomic E-state index is 14.5. The summed E-state index contributed by atoms with van der Waals surface area (Å²) in [5.41, 5.74) is 5.33. The quantitative estimate of drug-likeness (QED) is 0.188. The van der Waals surface area contributed by atoms with Crippen molar-refractivity contribution < 1.29 is 33.5 Å². The third-order valence-corrected chi connectivity index (χ3v) is 12.0. The minimum atomic E-state index is -1.04. The summed E-state index contributed by atoms with van der Waals surface area (Å²) in [7, 11) is 0. The summed E-state index contributed by atoms with van der Waals surface area (Å²) >= 11 is 0. The number of carbonyl (C=O) groups is 6. The summed E-state index contributed by atoms with van der Waals surface area (Å²) in [5, 5.41) is 5.75. The van der Waals surface area contributed by atoms with Gasteiger partial charge in [-0.2, -0.15) is 0 Å². The van der Waals surface area contributed by atoms with Crippen LogP contribution in [0, 0.1) is 40.4 Å². The van der Waals surface area contributed by atoms with Gasteiger partial charge < -0.3 is 26.0 Å². The van der Waals surface area contributed by atoms with Gasteiger partial charge in [0.25, 0.3) is 5.91 Å². The van der Waals surface area contributed by atoms with Crippen LogP contribution >= 0.6 is 0 Å². The van der Waals surface area contributed by atoms with Crippen molar-refractivity contribution in [1.82, 2.24) is 15.5 Å². The van der Waals surface area contributed by atoms with Gasteiger partial charge in [0.15, 0.2) is 5.78 Å². The standard InChI is InChI=1S/C39H56N4O7/c1-38(2,3)33(42-37(49)41-30(25-17-10-7-11-18-25)36(48)50-22-24-13-8-6-9-14-24)35(47)43-21-27-29(39(27,4)5)31(43)28(44)20-26(32(45)34(40)46)19-23-15-12-16-23/h6,8-9,13-14,23,25-27,29-31,33H,7,10-12,15-22H2,1-5H3,(H2,40,46)(H2,41,42,49)/t26?,27-,29-,30-,31+,33+/m0/s1. The van der Waals surface area contributed by atoms with E-state index in [-0.39, 0.29) is 53.8 Å². The van der Waals surface area contributed by atoms with E-state index in [9.17, 15) is 28.8 Å². The van der Waals surface area contributed by atoms with Crippen molar-refractivity contribution in [3.8, 4) is 0 Å². The van der Waals surface area contributed by atoms with Gasteiger partial charge >= 0.3 is 12.0 Å². The topological polar surface area (TPSA) is 165 Å². The van der Waals surface area contributed by atoms with Crippen LogP contribution in [0.15, 0.2) is 30.3 Å². The number of fused-ring (bicyclic) bond motifs is 1. The van der Waals surface area contributed by atoms with Crippen LogP contribution < -0.4 is 16.4 Å². The van der Waals surface area contributed by atoms with E-state index in [0.717, 1.165) is 56.9 Å². The van der Waals surface area contributed by atoms with E-state index in [0.29, 0.717) is 13.0 Å². The minimum absolute atomic E-state index is 0.0866. The van der Waals surface area contributed by atoms with Crippen molar-refractivity contribution in [2.24, 2.45) is 46.2 Å². The molecule has 6 atom stereocenters. The summed E-state index contributed by atoms with van der Waals surface area (Å²) in [6.07, 6.45) is 7.80. The van der Waals surface area contributed by atoms with Gasteiger partial charge in [0.2, 0.25) is 11.7 Å². The number of ether oxygens (including phenoxy) is 1. The molecule has 1 unspecified atom stereocenters. The van der Waals surface area contributed by atoms with Gasteiger partial charge in [-0.15, -0.1) is 0 Å². The second kappa shape index (κ2) is 15.2. The molecule has 1 heterocycles. The molecule has 0 bridgehead atoms. The number of ketones is 2. The van der Waals surface area contributed by atoms with Crippen molar-refractivity contribution in [1.29, 1.82) is 0 Å². The fourth-order valence-electron chi connectivity index (χ4n) is 8.65. The van der Waals surface area contributed by atoms with Crippen LogP contribution in [0.4, 0.5) is 4.79 Å². The second-order valence-electron chi connectivity index (χ2n) is 16.9. The molecule has 11 nitrogen and oxygen atoms in total. The Labute approximate surface area is 296 Å². The molecule has 274 valence electrons. The molecule has 11 heteroatoms. The molecule has 3 saturated carbocycles. The fraction of sp³-hybridized carbons (Fsp3) is 0.692. The van der Waals surface area contributed by atoms with Gasteiger partial charge in [-0.3, -0.25) is 19.2 Å². The van der Waals surface area contributed by atoms with Crippen molar-refractivity contribution >= 4 is 35.4 Å². The molecule has 4 fully saturated rings. The lowest BCUT2D eigenvalue weighted by atomic mass is 9.76. The number of nitrogens with two attached hydrogens (primary N) is 1. The number of primary amides is 1. The summed E-state index contributed by atoms with van der Waals surface area (Å²) in [6.45, 7) is 10.2. The Kier molecular flexibility index (Phi) is 11.4. The molecule has 1 aliphatic heterocycles. The summed E-state index contributed by atoms with van der Waals surface area (Å²) in [6, 6.07) is 6.06. The number of urea groups is 1. The third kappa shape index (κ3) is 8.40. The molecule has 1 aromatic rings. The van der Waals surface area contributed by atoms with E-state index in [2.05, 4.69) is 24.5 Å². The van der Waals surface area contributed by atoms with E-state index >= 15 is 0 Å². The number of nitrogens with zero attached hydrogens (tertiary/aromatic N) is 1.